The van der Waals surface area contributed by atoms with Crippen LogP contribution >= 0.6 is 0 Å². The maximum Gasteiger partial charge on any atom is 0.382 e. The van der Waals surface area contributed by atoms with E-state index in [9.17, 15) is 4.79 Å². The van der Waals surface area contributed by atoms with Crippen molar-refractivity contribution < 1.29 is 9.21 Å². The molecule has 0 spiro atoms. The van der Waals surface area contributed by atoms with Gasteiger partial charge in [-0.15, -0.1) is 0 Å². The second kappa shape index (κ2) is 5.39. The second-order valence-electron chi connectivity index (χ2n) is 4.00. The highest BCUT2D eigenvalue weighted by molar-refractivity contribution is 6.36. The molecular formula is C12H10BN5O2. The molecule has 0 aliphatic heterocycles. The van der Waals surface area contributed by atoms with Crippen LogP contribution in [-0.2, 0) is 0 Å². The fourth-order valence-corrected chi connectivity index (χ4v) is 1.75. The normalized spacial score (nSPS) is 10.2. The van der Waals surface area contributed by atoms with Gasteiger partial charge >= 0.3 is 7.55 Å². The molecule has 0 unspecified atom stereocenters. The standard InChI is InChI=1S/C12H10BN5O2/c19-12(17-13-18-7-14-6-16-18)10-11(20-8-15-10)9-4-2-1-3-5-9/h1-8,13H,(H,17,19). The molecule has 98 valence electrons. The minimum Gasteiger partial charge on any atom is -0.443 e. The first-order chi connectivity index (χ1) is 9.84. The molecule has 3 rings (SSSR count). The van der Waals surface area contributed by atoms with E-state index in [2.05, 4.69) is 20.3 Å². The predicted octanol–water partition coefficient (Wildman–Crippen LogP) is 0.478. The Bertz CT molecular complexity index is 696. The lowest BCUT2D eigenvalue weighted by atomic mass is 10.1. The van der Waals surface area contributed by atoms with Crippen molar-refractivity contribution in [3.05, 3.63) is 55.1 Å². The fourth-order valence-electron chi connectivity index (χ4n) is 1.75. The van der Waals surface area contributed by atoms with Crippen molar-refractivity contribution in [3.63, 3.8) is 0 Å². The number of hydrogen-bond acceptors (Lipinski definition) is 5. The van der Waals surface area contributed by atoms with Crippen molar-refractivity contribution in [2.75, 3.05) is 0 Å². The van der Waals surface area contributed by atoms with Crippen LogP contribution in [0.4, 0.5) is 0 Å². The minimum absolute atomic E-state index is 0.222. The molecule has 1 N–H and O–H groups in total. The van der Waals surface area contributed by atoms with Crippen molar-refractivity contribution in [1.82, 2.24) is 24.9 Å². The van der Waals surface area contributed by atoms with Crippen molar-refractivity contribution >= 4 is 13.5 Å². The number of rotatable bonds is 4. The average molecular weight is 267 g/mol. The van der Waals surface area contributed by atoms with E-state index in [1.165, 1.54) is 23.6 Å². The summed E-state index contributed by atoms with van der Waals surface area (Å²) in [6.07, 6.45) is 4.17. The largest absolute Gasteiger partial charge is 0.443 e. The smallest absolute Gasteiger partial charge is 0.382 e. The third-order valence-corrected chi connectivity index (χ3v) is 2.69. The van der Waals surface area contributed by atoms with Crippen LogP contribution < -0.4 is 5.23 Å². The van der Waals surface area contributed by atoms with Gasteiger partial charge in [-0.3, -0.25) is 9.39 Å². The van der Waals surface area contributed by atoms with Gasteiger partial charge in [-0.25, -0.2) is 9.97 Å². The van der Waals surface area contributed by atoms with Crippen LogP contribution in [0.2, 0.25) is 0 Å². The van der Waals surface area contributed by atoms with Gasteiger partial charge in [-0.2, -0.15) is 5.10 Å². The lowest BCUT2D eigenvalue weighted by Crippen LogP contribution is -2.33. The van der Waals surface area contributed by atoms with Crippen molar-refractivity contribution in [3.8, 4) is 11.3 Å². The van der Waals surface area contributed by atoms with Crippen LogP contribution in [0, 0.1) is 0 Å². The number of hydrogen-bond donors (Lipinski definition) is 1. The number of aromatic nitrogens is 4. The topological polar surface area (TPSA) is 85.8 Å². The molecule has 2 aromatic heterocycles. The molecule has 8 heteroatoms. The number of nitrogens with zero attached hydrogens (tertiary/aromatic N) is 4. The van der Waals surface area contributed by atoms with Crippen molar-refractivity contribution in [1.29, 1.82) is 0 Å². The fraction of sp³-hybridized carbons (Fsp3) is 0. The molecule has 1 aromatic carbocycles. The van der Waals surface area contributed by atoms with Gasteiger partial charge < -0.3 is 9.64 Å². The highest BCUT2D eigenvalue weighted by atomic mass is 16.3. The SMILES string of the molecule is O=C(NBn1cncn1)c1ncoc1-c1ccccc1. The van der Waals surface area contributed by atoms with E-state index in [1.54, 1.807) is 0 Å². The Morgan fingerprint density at radius 3 is 2.90 bits per heavy atom. The Kier molecular flexibility index (Phi) is 3.28. The molecule has 20 heavy (non-hydrogen) atoms. The lowest BCUT2D eigenvalue weighted by molar-refractivity contribution is 0.0976. The zero-order valence-corrected chi connectivity index (χ0v) is 10.4. The highest BCUT2D eigenvalue weighted by Gasteiger charge is 2.18. The average Bonchev–Trinajstić information content (AvgIpc) is 3.17. The van der Waals surface area contributed by atoms with E-state index in [-0.39, 0.29) is 19.2 Å². The molecule has 3 aromatic rings. The third-order valence-electron chi connectivity index (χ3n) is 2.69. The number of nitrogens with one attached hydrogen (secondary N) is 1. The molecular weight excluding hydrogens is 257 g/mol. The summed E-state index contributed by atoms with van der Waals surface area (Å²) in [5.74, 6) is 0.120. The van der Waals surface area contributed by atoms with Crippen LogP contribution in [0.15, 0.2) is 53.8 Å². The number of amides is 1. The Morgan fingerprint density at radius 1 is 1.30 bits per heavy atom. The Morgan fingerprint density at radius 2 is 2.15 bits per heavy atom. The summed E-state index contributed by atoms with van der Waals surface area (Å²) in [4.78, 5) is 19.9. The highest BCUT2D eigenvalue weighted by Crippen LogP contribution is 2.22. The first-order valence-corrected chi connectivity index (χ1v) is 5.94. The van der Waals surface area contributed by atoms with Gasteiger partial charge in [0, 0.05) is 5.56 Å². The molecule has 0 radical (unpaired) electrons. The molecule has 0 saturated carbocycles. The second-order valence-corrected chi connectivity index (χ2v) is 4.00. The van der Waals surface area contributed by atoms with Gasteiger partial charge in [0.05, 0.1) is 0 Å². The minimum atomic E-state index is -0.326. The molecule has 0 saturated heterocycles. The summed E-state index contributed by atoms with van der Waals surface area (Å²) < 4.78 is 6.80. The quantitative estimate of drug-likeness (QED) is 0.695. The summed E-state index contributed by atoms with van der Waals surface area (Å²) in [7, 11) is 0.222. The maximum atomic E-state index is 12.1. The van der Waals surface area contributed by atoms with Gasteiger partial charge in [0.2, 0.25) is 0 Å². The van der Waals surface area contributed by atoms with E-state index in [4.69, 9.17) is 4.42 Å². The summed E-state index contributed by atoms with van der Waals surface area (Å²) in [6, 6.07) is 9.34. The van der Waals surface area contributed by atoms with E-state index in [1.807, 2.05) is 30.3 Å². The molecule has 0 bridgehead atoms. The van der Waals surface area contributed by atoms with Gasteiger partial charge in [-0.05, 0) is 0 Å². The van der Waals surface area contributed by atoms with Gasteiger partial charge in [0.1, 0.15) is 12.7 Å². The first kappa shape index (κ1) is 12.2. The maximum absolute atomic E-state index is 12.1. The van der Waals surface area contributed by atoms with Gasteiger partial charge in [-0.1, -0.05) is 30.3 Å². The van der Waals surface area contributed by atoms with Gasteiger partial charge in [0.25, 0.3) is 5.91 Å². The Balaban J connectivity index is 1.77. The van der Waals surface area contributed by atoms with E-state index in [0.717, 1.165) is 5.56 Å². The third kappa shape index (κ3) is 2.44. The van der Waals surface area contributed by atoms with E-state index >= 15 is 0 Å². The zero-order chi connectivity index (χ0) is 13.8. The van der Waals surface area contributed by atoms with Gasteiger partial charge in [0.15, 0.2) is 17.8 Å². The molecule has 7 nitrogen and oxygen atoms in total. The van der Waals surface area contributed by atoms with Crippen LogP contribution in [0.1, 0.15) is 10.5 Å². The summed E-state index contributed by atoms with van der Waals surface area (Å²) in [6.45, 7) is 0. The summed E-state index contributed by atoms with van der Waals surface area (Å²) in [5, 5.41) is 6.59. The van der Waals surface area contributed by atoms with Crippen molar-refractivity contribution in [2.24, 2.45) is 0 Å². The summed E-state index contributed by atoms with van der Waals surface area (Å²) >= 11 is 0. The predicted molar refractivity (Wildman–Crippen MR) is 72.0 cm³/mol. The van der Waals surface area contributed by atoms with Crippen LogP contribution in [0.5, 0.6) is 0 Å². The van der Waals surface area contributed by atoms with Crippen LogP contribution in [0.3, 0.4) is 0 Å². The molecule has 0 fully saturated rings. The lowest BCUT2D eigenvalue weighted by Gasteiger charge is -2.02. The monoisotopic (exact) mass is 267 g/mol. The van der Waals surface area contributed by atoms with Crippen LogP contribution in [-0.4, -0.2) is 33.1 Å². The Hall–Kier alpha value is -2.90. The Labute approximate surface area is 114 Å². The molecule has 1 amide bonds. The number of benzene rings is 1. The molecule has 2 heterocycles. The molecule has 0 aliphatic carbocycles. The number of carbonyl (C=O) groups is 1. The molecule has 0 aliphatic rings. The zero-order valence-electron chi connectivity index (χ0n) is 10.4. The molecule has 0 atom stereocenters. The number of oxazole rings is 1. The van der Waals surface area contributed by atoms with E-state index < -0.39 is 0 Å². The van der Waals surface area contributed by atoms with E-state index in [0.29, 0.717) is 5.76 Å². The van der Waals surface area contributed by atoms with Crippen LogP contribution in [0.25, 0.3) is 11.3 Å². The number of carbonyl (C=O) groups excluding carboxylic acids is 1. The van der Waals surface area contributed by atoms with Crippen molar-refractivity contribution in [2.45, 2.75) is 0 Å². The first-order valence-electron chi connectivity index (χ1n) is 5.94. The summed E-state index contributed by atoms with van der Waals surface area (Å²) in [5.41, 5.74) is 1.05.